The summed E-state index contributed by atoms with van der Waals surface area (Å²) in [5.41, 5.74) is 0.439. The number of hydrogen-bond acceptors (Lipinski definition) is 4. The van der Waals surface area contributed by atoms with E-state index in [1.165, 1.54) is 31.3 Å². The Morgan fingerprint density at radius 3 is 2.57 bits per heavy atom. The number of ether oxygens (including phenoxy) is 1. The van der Waals surface area contributed by atoms with Gasteiger partial charge in [-0.3, -0.25) is 4.79 Å². The molecule has 1 aliphatic heterocycles. The number of benzene rings is 1. The molecule has 0 amide bonds. The molecule has 1 aliphatic rings. The van der Waals surface area contributed by atoms with E-state index in [4.69, 9.17) is 9.84 Å². The van der Waals surface area contributed by atoms with Gasteiger partial charge in [-0.15, -0.1) is 0 Å². The van der Waals surface area contributed by atoms with Crippen molar-refractivity contribution in [2.45, 2.75) is 11.8 Å². The van der Waals surface area contributed by atoms with Gasteiger partial charge in [0, 0.05) is 7.05 Å². The fourth-order valence-corrected chi connectivity index (χ4v) is 3.67. The predicted molar refractivity (Wildman–Crippen MR) is 72.5 cm³/mol. The molecule has 0 bridgehead atoms. The summed E-state index contributed by atoms with van der Waals surface area (Å²) >= 11 is 0. The fourth-order valence-electron chi connectivity index (χ4n) is 2.24. The second kappa shape index (κ2) is 6.08. The molecule has 0 aromatic heterocycles. The molecule has 1 saturated heterocycles. The number of halogens is 1. The zero-order valence-corrected chi connectivity index (χ0v) is 12.2. The number of carboxylic acid groups (broad SMARTS) is 1. The molecule has 1 N–H and O–H groups in total. The summed E-state index contributed by atoms with van der Waals surface area (Å²) in [6.07, 6.45) is 0. The summed E-state index contributed by atoms with van der Waals surface area (Å²) in [7, 11) is -2.37. The molecular formula is C13H16FNO5S. The topological polar surface area (TPSA) is 83.9 Å². The second-order valence-corrected chi connectivity index (χ2v) is 6.98. The maximum absolute atomic E-state index is 12.8. The molecule has 1 heterocycles. The van der Waals surface area contributed by atoms with Crippen LogP contribution in [0.25, 0.3) is 0 Å². The summed E-state index contributed by atoms with van der Waals surface area (Å²) in [6, 6.07) is 4.42. The first-order valence-electron chi connectivity index (χ1n) is 6.32. The summed E-state index contributed by atoms with van der Waals surface area (Å²) in [4.78, 5) is 11.1. The number of sulfonamides is 1. The SMILES string of the molecule is CN(C1COCC1C(=O)O)S(=O)(=O)Cc1ccc(F)cc1. The van der Waals surface area contributed by atoms with Crippen molar-refractivity contribution in [1.82, 2.24) is 4.31 Å². The molecule has 2 rings (SSSR count). The number of hydrogen-bond donors (Lipinski definition) is 1. The van der Waals surface area contributed by atoms with Crippen LogP contribution in [0.4, 0.5) is 4.39 Å². The first kappa shape index (κ1) is 15.9. The minimum absolute atomic E-state index is 0.00356. The molecule has 2 atom stereocenters. The number of carboxylic acids is 1. The number of rotatable bonds is 5. The third-order valence-corrected chi connectivity index (χ3v) is 5.38. The van der Waals surface area contributed by atoms with E-state index < -0.39 is 33.8 Å². The molecule has 1 fully saturated rings. The lowest BCUT2D eigenvalue weighted by atomic mass is 10.1. The van der Waals surface area contributed by atoms with Crippen molar-refractivity contribution in [2.24, 2.45) is 5.92 Å². The van der Waals surface area contributed by atoms with Crippen molar-refractivity contribution >= 4 is 16.0 Å². The average Bonchev–Trinajstić information content (AvgIpc) is 2.89. The van der Waals surface area contributed by atoms with Gasteiger partial charge in [0.15, 0.2) is 0 Å². The fraction of sp³-hybridized carbons (Fsp3) is 0.462. The van der Waals surface area contributed by atoms with Gasteiger partial charge in [-0.25, -0.2) is 12.8 Å². The van der Waals surface area contributed by atoms with E-state index in [0.717, 1.165) is 4.31 Å². The van der Waals surface area contributed by atoms with Crippen LogP contribution < -0.4 is 0 Å². The largest absolute Gasteiger partial charge is 0.481 e. The maximum Gasteiger partial charge on any atom is 0.310 e. The van der Waals surface area contributed by atoms with Gasteiger partial charge < -0.3 is 9.84 Å². The number of nitrogens with zero attached hydrogens (tertiary/aromatic N) is 1. The number of aliphatic carboxylic acids is 1. The third kappa shape index (κ3) is 3.58. The van der Waals surface area contributed by atoms with Gasteiger partial charge in [-0.1, -0.05) is 12.1 Å². The van der Waals surface area contributed by atoms with Gasteiger partial charge in [0.1, 0.15) is 5.82 Å². The highest BCUT2D eigenvalue weighted by Gasteiger charge is 2.40. The Morgan fingerprint density at radius 1 is 1.38 bits per heavy atom. The lowest BCUT2D eigenvalue weighted by Crippen LogP contribution is -2.44. The lowest BCUT2D eigenvalue weighted by Gasteiger charge is -2.25. The Hall–Kier alpha value is -1.51. The normalized spacial score (nSPS) is 22.6. The standard InChI is InChI=1S/C13H16FNO5S/c1-15(12-7-20-6-11(12)13(16)17)21(18,19)8-9-2-4-10(14)5-3-9/h2-5,11-12H,6-8H2,1H3,(H,16,17). The van der Waals surface area contributed by atoms with Crippen LogP contribution in [0.1, 0.15) is 5.56 Å². The zero-order valence-electron chi connectivity index (χ0n) is 11.4. The van der Waals surface area contributed by atoms with Gasteiger partial charge in [-0.2, -0.15) is 4.31 Å². The van der Waals surface area contributed by atoms with Crippen molar-refractivity contribution < 1.29 is 27.4 Å². The molecule has 1 aromatic carbocycles. The summed E-state index contributed by atoms with van der Waals surface area (Å²) in [5.74, 6) is -2.72. The molecule has 0 aliphatic carbocycles. The zero-order chi connectivity index (χ0) is 15.6. The van der Waals surface area contributed by atoms with Crippen molar-refractivity contribution in [1.29, 1.82) is 0 Å². The van der Waals surface area contributed by atoms with E-state index in [1.807, 2.05) is 0 Å². The summed E-state index contributed by atoms with van der Waals surface area (Å²) in [5, 5.41) is 9.08. The van der Waals surface area contributed by atoms with Crippen LogP contribution in [0.3, 0.4) is 0 Å². The first-order valence-corrected chi connectivity index (χ1v) is 7.93. The maximum atomic E-state index is 12.8. The number of likely N-dealkylation sites (N-methyl/N-ethyl adjacent to an activating group) is 1. The second-order valence-electron chi connectivity index (χ2n) is 4.95. The lowest BCUT2D eigenvalue weighted by molar-refractivity contribution is -0.142. The molecule has 0 saturated carbocycles. The highest BCUT2D eigenvalue weighted by molar-refractivity contribution is 7.88. The Labute approximate surface area is 122 Å². The van der Waals surface area contributed by atoms with Crippen LogP contribution in [-0.4, -0.2) is 50.1 Å². The molecule has 0 radical (unpaired) electrons. The predicted octanol–water partition coefficient (Wildman–Crippen LogP) is 0.687. The van der Waals surface area contributed by atoms with E-state index in [0.29, 0.717) is 5.56 Å². The Morgan fingerprint density at radius 2 is 2.00 bits per heavy atom. The highest BCUT2D eigenvalue weighted by Crippen LogP contribution is 2.23. The summed E-state index contributed by atoms with van der Waals surface area (Å²) < 4.78 is 43.6. The molecule has 6 nitrogen and oxygen atoms in total. The average molecular weight is 317 g/mol. The first-order chi connectivity index (χ1) is 9.81. The van der Waals surface area contributed by atoms with Gasteiger partial charge in [0.2, 0.25) is 10.0 Å². The van der Waals surface area contributed by atoms with Gasteiger partial charge in [0.25, 0.3) is 0 Å². The van der Waals surface area contributed by atoms with Crippen molar-refractivity contribution in [2.75, 3.05) is 20.3 Å². The van der Waals surface area contributed by atoms with Crippen LogP contribution in [-0.2, 0) is 25.3 Å². The minimum atomic E-state index is -3.71. The van der Waals surface area contributed by atoms with E-state index in [2.05, 4.69) is 0 Å². The molecule has 0 spiro atoms. The summed E-state index contributed by atoms with van der Waals surface area (Å²) in [6.45, 7) is 0.0481. The van der Waals surface area contributed by atoms with Gasteiger partial charge in [0.05, 0.1) is 30.9 Å². The molecule has 8 heteroatoms. The van der Waals surface area contributed by atoms with Crippen molar-refractivity contribution in [3.8, 4) is 0 Å². The quantitative estimate of drug-likeness (QED) is 0.863. The molecule has 21 heavy (non-hydrogen) atoms. The Bertz CT molecular complexity index is 616. The molecule has 2 unspecified atom stereocenters. The molecular weight excluding hydrogens is 301 g/mol. The minimum Gasteiger partial charge on any atom is -0.481 e. The smallest absolute Gasteiger partial charge is 0.310 e. The number of carbonyl (C=O) groups is 1. The highest BCUT2D eigenvalue weighted by atomic mass is 32.2. The van der Waals surface area contributed by atoms with Crippen LogP contribution >= 0.6 is 0 Å². The van der Waals surface area contributed by atoms with E-state index in [-0.39, 0.29) is 19.0 Å². The Kier molecular flexibility index (Phi) is 4.60. The van der Waals surface area contributed by atoms with Crippen molar-refractivity contribution in [3.63, 3.8) is 0 Å². The third-order valence-electron chi connectivity index (χ3n) is 3.54. The van der Waals surface area contributed by atoms with Crippen LogP contribution in [0.15, 0.2) is 24.3 Å². The monoisotopic (exact) mass is 317 g/mol. The van der Waals surface area contributed by atoms with E-state index in [1.54, 1.807) is 0 Å². The Balaban J connectivity index is 2.15. The van der Waals surface area contributed by atoms with Gasteiger partial charge >= 0.3 is 5.97 Å². The van der Waals surface area contributed by atoms with Gasteiger partial charge in [-0.05, 0) is 17.7 Å². The van der Waals surface area contributed by atoms with Crippen LogP contribution in [0, 0.1) is 11.7 Å². The van der Waals surface area contributed by atoms with Crippen molar-refractivity contribution in [3.05, 3.63) is 35.6 Å². The van der Waals surface area contributed by atoms with E-state index >= 15 is 0 Å². The van der Waals surface area contributed by atoms with Crippen LogP contribution in [0.2, 0.25) is 0 Å². The van der Waals surface area contributed by atoms with E-state index in [9.17, 15) is 17.6 Å². The molecule has 116 valence electrons. The molecule has 1 aromatic rings. The van der Waals surface area contributed by atoms with Crippen LogP contribution in [0.5, 0.6) is 0 Å².